The van der Waals surface area contributed by atoms with Crippen molar-refractivity contribution in [2.24, 2.45) is 14.1 Å². The Balaban J connectivity index is 2.75. The van der Waals surface area contributed by atoms with Crippen LogP contribution in [0.15, 0.2) is 34.0 Å². The van der Waals surface area contributed by atoms with Crippen molar-refractivity contribution in [3.05, 3.63) is 45.2 Å². The molecule has 0 N–H and O–H groups in total. The lowest BCUT2D eigenvalue weighted by molar-refractivity contribution is -0.499. The molecule has 0 unspecified atom stereocenters. The summed E-state index contributed by atoms with van der Waals surface area (Å²) in [6.07, 6.45) is 1.85. The van der Waals surface area contributed by atoms with Crippen molar-refractivity contribution >= 4 is 22.5 Å². The first kappa shape index (κ1) is 13.3. The first-order chi connectivity index (χ1) is 9.93. The molecular weight excluding hydrogens is 270 g/mol. The van der Waals surface area contributed by atoms with E-state index in [2.05, 4.69) is 4.98 Å². The quantitative estimate of drug-likeness (QED) is 0.444. The molecular formula is C14H16N5O2+. The lowest BCUT2D eigenvalue weighted by Crippen LogP contribution is -2.41. The predicted molar refractivity (Wildman–Crippen MR) is 79.7 cm³/mol. The van der Waals surface area contributed by atoms with E-state index in [0.717, 1.165) is 4.57 Å². The molecule has 0 fully saturated rings. The zero-order valence-corrected chi connectivity index (χ0v) is 12.4. The van der Waals surface area contributed by atoms with Crippen molar-refractivity contribution in [2.75, 3.05) is 19.0 Å². The van der Waals surface area contributed by atoms with Gasteiger partial charge in [0.1, 0.15) is 0 Å². The third-order valence-electron chi connectivity index (χ3n) is 3.57. The highest BCUT2D eigenvalue weighted by molar-refractivity contribution is 5.85. The van der Waals surface area contributed by atoms with Crippen LogP contribution in [0.25, 0.3) is 16.7 Å². The molecule has 3 heterocycles. The Hall–Kier alpha value is -2.70. The largest absolute Gasteiger partial charge is 0.333 e. The normalized spacial score (nSPS) is 11.2. The summed E-state index contributed by atoms with van der Waals surface area (Å²) in [7, 11) is 6.82. The van der Waals surface area contributed by atoms with Gasteiger partial charge in [-0.2, -0.15) is 0 Å². The molecule has 0 spiro atoms. The fourth-order valence-corrected chi connectivity index (χ4v) is 2.53. The maximum Gasteiger partial charge on any atom is 0.333 e. The Morgan fingerprint density at radius 1 is 1.14 bits per heavy atom. The van der Waals surface area contributed by atoms with E-state index in [1.807, 2.05) is 47.8 Å². The van der Waals surface area contributed by atoms with Gasteiger partial charge in [0.15, 0.2) is 5.39 Å². The average molecular weight is 286 g/mol. The van der Waals surface area contributed by atoms with Gasteiger partial charge in [0, 0.05) is 20.2 Å². The van der Waals surface area contributed by atoms with E-state index in [-0.39, 0.29) is 11.2 Å². The van der Waals surface area contributed by atoms with Gasteiger partial charge < -0.3 is 0 Å². The number of hydrogen-bond donors (Lipinski definition) is 0. The number of aryl methyl sites for hydroxylation is 1. The summed E-state index contributed by atoms with van der Waals surface area (Å²) in [5.74, 6) is 0.701. The highest BCUT2D eigenvalue weighted by atomic mass is 16.2. The van der Waals surface area contributed by atoms with Gasteiger partial charge in [0.2, 0.25) is 11.5 Å². The molecule has 0 aromatic carbocycles. The number of pyridine rings is 1. The van der Waals surface area contributed by atoms with Crippen molar-refractivity contribution in [3.63, 3.8) is 0 Å². The number of fused-ring (bicyclic) bond motifs is 2. The summed E-state index contributed by atoms with van der Waals surface area (Å²) < 4.78 is 4.34. The van der Waals surface area contributed by atoms with Crippen LogP contribution in [-0.4, -0.2) is 28.2 Å². The molecule has 0 atom stereocenters. The molecule has 0 saturated carbocycles. The summed E-state index contributed by atoms with van der Waals surface area (Å²) in [4.78, 5) is 30.9. The molecule has 7 nitrogen and oxygen atoms in total. The second-order valence-electron chi connectivity index (χ2n) is 5.16. The van der Waals surface area contributed by atoms with Crippen LogP contribution in [0.3, 0.4) is 0 Å². The van der Waals surface area contributed by atoms with Crippen LogP contribution in [0, 0.1) is 0 Å². The van der Waals surface area contributed by atoms with Crippen LogP contribution in [0.2, 0.25) is 0 Å². The fourth-order valence-electron chi connectivity index (χ4n) is 2.53. The molecule has 3 aromatic heterocycles. The molecule has 0 saturated heterocycles. The third-order valence-corrected chi connectivity index (χ3v) is 3.57. The Bertz CT molecular complexity index is 984. The van der Waals surface area contributed by atoms with Gasteiger partial charge in [0.25, 0.3) is 11.2 Å². The minimum atomic E-state index is -0.384. The number of rotatable bonds is 1. The minimum absolute atomic E-state index is 0.345. The van der Waals surface area contributed by atoms with Crippen LogP contribution in [0.1, 0.15) is 0 Å². The topological polar surface area (TPSA) is 64.2 Å². The first-order valence-electron chi connectivity index (χ1n) is 6.51. The van der Waals surface area contributed by atoms with Crippen LogP contribution in [0.4, 0.5) is 5.82 Å². The summed E-state index contributed by atoms with van der Waals surface area (Å²) >= 11 is 0. The molecule has 0 amide bonds. The van der Waals surface area contributed by atoms with E-state index in [9.17, 15) is 9.59 Å². The molecule has 0 aliphatic heterocycles. The molecule has 7 heteroatoms. The number of hydrogen-bond acceptors (Lipinski definition) is 4. The SMILES string of the molecule is CN(C)c1c2c(=O)n(C)c(=O)n(C)c2nc2cccc[n+]12. The zero-order valence-electron chi connectivity index (χ0n) is 12.4. The van der Waals surface area contributed by atoms with Crippen molar-refractivity contribution in [2.45, 2.75) is 0 Å². The summed E-state index contributed by atoms with van der Waals surface area (Å²) in [5, 5.41) is 0.424. The van der Waals surface area contributed by atoms with Crippen LogP contribution in [-0.2, 0) is 14.1 Å². The predicted octanol–water partition coefficient (Wildman–Crippen LogP) is -0.563. The van der Waals surface area contributed by atoms with E-state index >= 15 is 0 Å². The molecule has 3 rings (SSSR count). The Morgan fingerprint density at radius 3 is 2.52 bits per heavy atom. The zero-order chi connectivity index (χ0) is 15.3. The number of anilines is 1. The second-order valence-corrected chi connectivity index (χ2v) is 5.16. The lowest BCUT2D eigenvalue weighted by Gasteiger charge is -2.13. The Morgan fingerprint density at radius 2 is 1.86 bits per heavy atom. The van der Waals surface area contributed by atoms with E-state index < -0.39 is 0 Å². The minimum Gasteiger partial charge on any atom is -0.297 e. The number of nitrogens with zero attached hydrogens (tertiary/aromatic N) is 5. The maximum atomic E-state index is 12.5. The second kappa shape index (κ2) is 4.41. The van der Waals surface area contributed by atoms with Crippen molar-refractivity contribution in [1.29, 1.82) is 0 Å². The van der Waals surface area contributed by atoms with Crippen molar-refractivity contribution in [1.82, 2.24) is 14.1 Å². The smallest absolute Gasteiger partial charge is 0.297 e. The highest BCUT2D eigenvalue weighted by Gasteiger charge is 2.24. The molecule has 0 radical (unpaired) electrons. The third kappa shape index (κ3) is 1.74. The van der Waals surface area contributed by atoms with Gasteiger partial charge in [-0.15, -0.1) is 0 Å². The van der Waals surface area contributed by atoms with E-state index in [1.54, 1.807) is 7.05 Å². The van der Waals surface area contributed by atoms with E-state index in [1.165, 1.54) is 11.6 Å². The van der Waals surface area contributed by atoms with Crippen LogP contribution >= 0.6 is 0 Å². The molecule has 3 aromatic rings. The van der Waals surface area contributed by atoms with Crippen molar-refractivity contribution in [3.8, 4) is 0 Å². The Kier molecular flexibility index (Phi) is 2.79. The summed E-state index contributed by atoms with van der Waals surface area (Å²) in [6.45, 7) is 0. The van der Waals surface area contributed by atoms with Gasteiger partial charge in [-0.3, -0.25) is 18.8 Å². The molecule has 0 aliphatic rings. The summed E-state index contributed by atoms with van der Waals surface area (Å²) in [6, 6.07) is 5.58. The van der Waals surface area contributed by atoms with E-state index in [4.69, 9.17) is 0 Å². The fraction of sp³-hybridized carbons (Fsp3) is 0.286. The summed E-state index contributed by atoms with van der Waals surface area (Å²) in [5.41, 5.74) is 0.336. The highest BCUT2D eigenvalue weighted by Crippen LogP contribution is 2.16. The van der Waals surface area contributed by atoms with Crippen molar-refractivity contribution < 1.29 is 4.40 Å². The molecule has 21 heavy (non-hydrogen) atoms. The molecule has 108 valence electrons. The Labute approximate surface area is 120 Å². The monoisotopic (exact) mass is 286 g/mol. The van der Waals surface area contributed by atoms with Gasteiger partial charge >= 0.3 is 5.69 Å². The standard InChI is InChI=1S/C14H16N5O2/c1-16(2)12-10-11(15-9-7-5-6-8-19(9)12)17(3)14(21)18(4)13(10)20/h5-8H,1-4H3/q+1. The van der Waals surface area contributed by atoms with Gasteiger partial charge in [-0.25, -0.2) is 9.20 Å². The lowest BCUT2D eigenvalue weighted by atomic mass is 10.3. The molecule has 0 aliphatic carbocycles. The van der Waals surface area contributed by atoms with Crippen LogP contribution < -0.4 is 20.5 Å². The van der Waals surface area contributed by atoms with Crippen LogP contribution in [0.5, 0.6) is 0 Å². The average Bonchev–Trinajstić information content (AvgIpc) is 2.48. The first-order valence-corrected chi connectivity index (χ1v) is 6.51. The maximum absolute atomic E-state index is 12.5. The van der Waals surface area contributed by atoms with Gasteiger partial charge in [0.05, 0.1) is 20.3 Å². The molecule has 0 bridgehead atoms. The number of aromatic nitrogens is 4. The van der Waals surface area contributed by atoms with E-state index in [0.29, 0.717) is 22.5 Å². The van der Waals surface area contributed by atoms with Gasteiger partial charge in [-0.1, -0.05) is 11.1 Å². The van der Waals surface area contributed by atoms with Gasteiger partial charge in [-0.05, 0) is 6.07 Å².